The number of pyridine rings is 1. The van der Waals surface area contributed by atoms with Crippen molar-refractivity contribution in [3.8, 4) is 11.4 Å². The Balaban J connectivity index is 1.24. The molecule has 0 saturated heterocycles. The number of sulfonamides is 1. The van der Waals surface area contributed by atoms with Gasteiger partial charge in [0.05, 0.1) is 10.9 Å². The Morgan fingerprint density at radius 3 is 2.58 bits per heavy atom. The van der Waals surface area contributed by atoms with Crippen LogP contribution in [0.4, 0.5) is 5.13 Å². The second-order valence-electron chi connectivity index (χ2n) is 7.21. The molecule has 2 fully saturated rings. The van der Waals surface area contributed by atoms with Crippen LogP contribution < -0.4 is 10.0 Å². The first kappa shape index (κ1) is 17.9. The van der Waals surface area contributed by atoms with Gasteiger partial charge < -0.3 is 5.32 Å². The number of hydrogen-bond acceptors (Lipinski definition) is 6. The molecule has 4 rings (SSSR count). The Hall–Kier alpha value is -1.51. The van der Waals surface area contributed by atoms with Crippen molar-refractivity contribution >= 4 is 26.5 Å². The second-order valence-corrected chi connectivity index (χ2v) is 10.1. The lowest BCUT2D eigenvalue weighted by atomic mass is 9.86. The van der Waals surface area contributed by atoms with Gasteiger partial charge in [-0.05, 0) is 56.6 Å². The maximum Gasteiger partial charge on any atom is 0.214 e. The van der Waals surface area contributed by atoms with Crippen molar-refractivity contribution < 1.29 is 8.42 Å². The van der Waals surface area contributed by atoms with E-state index in [1.54, 1.807) is 17.5 Å². The molecule has 6 nitrogen and oxygen atoms in total. The molecule has 8 heteroatoms. The Labute approximate surface area is 158 Å². The fraction of sp³-hybridized carbons (Fsp3) is 0.556. The van der Waals surface area contributed by atoms with Gasteiger partial charge in [-0.3, -0.25) is 4.98 Å². The zero-order valence-corrected chi connectivity index (χ0v) is 16.2. The lowest BCUT2D eigenvalue weighted by molar-refractivity contribution is 0.337. The monoisotopic (exact) mass is 392 g/mol. The Morgan fingerprint density at radius 2 is 1.88 bits per heavy atom. The fourth-order valence-corrected chi connectivity index (χ4v) is 5.63. The SMILES string of the molecule is O=S(=O)(NC[C@H]1CC[C@H](Nc2nc(-c3ccccn3)cs2)CC1)C1CC1. The number of thiazole rings is 1. The van der Waals surface area contributed by atoms with Crippen LogP contribution in [0.5, 0.6) is 0 Å². The Morgan fingerprint density at radius 1 is 1.08 bits per heavy atom. The van der Waals surface area contributed by atoms with Crippen LogP contribution in [-0.4, -0.2) is 36.2 Å². The van der Waals surface area contributed by atoms with E-state index in [0.717, 1.165) is 55.0 Å². The molecule has 2 aliphatic rings. The number of hydrogen-bond donors (Lipinski definition) is 2. The molecule has 0 radical (unpaired) electrons. The zero-order chi connectivity index (χ0) is 18.0. The summed E-state index contributed by atoms with van der Waals surface area (Å²) in [6.07, 6.45) is 7.61. The molecule has 2 N–H and O–H groups in total. The smallest absolute Gasteiger partial charge is 0.214 e. The molecule has 0 atom stereocenters. The van der Waals surface area contributed by atoms with Crippen LogP contribution in [0.3, 0.4) is 0 Å². The topological polar surface area (TPSA) is 84.0 Å². The van der Waals surface area contributed by atoms with Gasteiger partial charge in [-0.2, -0.15) is 0 Å². The fourth-order valence-electron chi connectivity index (χ4n) is 3.39. The maximum atomic E-state index is 11.9. The van der Waals surface area contributed by atoms with Crippen LogP contribution in [0.1, 0.15) is 38.5 Å². The van der Waals surface area contributed by atoms with Crippen LogP contribution in [0.15, 0.2) is 29.8 Å². The molecule has 0 unspecified atom stereocenters. The highest BCUT2D eigenvalue weighted by molar-refractivity contribution is 7.90. The lowest BCUT2D eigenvalue weighted by Gasteiger charge is -2.29. The normalized spacial score (nSPS) is 23.7. The molecule has 140 valence electrons. The van der Waals surface area contributed by atoms with E-state index >= 15 is 0 Å². The molecule has 2 aromatic heterocycles. The van der Waals surface area contributed by atoms with Crippen molar-refractivity contribution in [2.75, 3.05) is 11.9 Å². The highest BCUT2D eigenvalue weighted by Crippen LogP contribution is 2.30. The highest BCUT2D eigenvalue weighted by Gasteiger charge is 2.36. The average Bonchev–Trinajstić information content (AvgIpc) is 3.43. The molecule has 0 amide bonds. The Bertz CT molecular complexity index is 826. The van der Waals surface area contributed by atoms with Crippen molar-refractivity contribution in [3.05, 3.63) is 29.8 Å². The number of aromatic nitrogens is 2. The van der Waals surface area contributed by atoms with Crippen molar-refractivity contribution in [1.29, 1.82) is 0 Å². The molecule has 2 aliphatic carbocycles. The third kappa shape index (κ3) is 4.42. The summed E-state index contributed by atoms with van der Waals surface area (Å²) in [5.74, 6) is 0.446. The summed E-state index contributed by atoms with van der Waals surface area (Å²) < 4.78 is 26.7. The van der Waals surface area contributed by atoms with Gasteiger partial charge in [0, 0.05) is 24.2 Å². The van der Waals surface area contributed by atoms with E-state index in [1.165, 1.54) is 0 Å². The van der Waals surface area contributed by atoms with Crippen molar-refractivity contribution in [2.24, 2.45) is 5.92 Å². The van der Waals surface area contributed by atoms with Gasteiger partial charge in [0.2, 0.25) is 10.0 Å². The largest absolute Gasteiger partial charge is 0.359 e. The predicted octanol–water partition coefficient (Wildman–Crippen LogP) is 3.26. The Kier molecular flexibility index (Phi) is 5.24. The number of nitrogens with zero attached hydrogens (tertiary/aromatic N) is 2. The summed E-state index contributed by atoms with van der Waals surface area (Å²) >= 11 is 1.61. The first-order chi connectivity index (χ1) is 12.6. The minimum absolute atomic E-state index is 0.126. The minimum Gasteiger partial charge on any atom is -0.359 e. The third-order valence-corrected chi connectivity index (χ3v) is 7.83. The van der Waals surface area contributed by atoms with Crippen molar-refractivity contribution in [2.45, 2.75) is 49.8 Å². The molecule has 0 spiro atoms. The average molecular weight is 393 g/mol. The molecule has 26 heavy (non-hydrogen) atoms. The summed E-state index contributed by atoms with van der Waals surface area (Å²) in [4.78, 5) is 8.98. The van der Waals surface area contributed by atoms with Gasteiger partial charge in [-0.15, -0.1) is 11.3 Å². The van der Waals surface area contributed by atoms with Gasteiger partial charge in [0.25, 0.3) is 0 Å². The summed E-state index contributed by atoms with van der Waals surface area (Å²) in [6.45, 7) is 0.590. The molecule has 0 bridgehead atoms. The standard InChI is InChI=1S/C18H24N4O2S2/c23-26(24,15-8-9-15)20-11-13-4-6-14(7-5-13)21-18-22-17(12-25-18)16-3-1-2-10-19-16/h1-3,10,12-15,20H,4-9,11H2,(H,21,22)/t13-,14-. The molecule has 0 aromatic carbocycles. The molecule has 2 heterocycles. The summed E-state index contributed by atoms with van der Waals surface area (Å²) in [6, 6.07) is 6.24. The van der Waals surface area contributed by atoms with Gasteiger partial charge in [0.1, 0.15) is 5.69 Å². The van der Waals surface area contributed by atoms with Crippen LogP contribution in [0.2, 0.25) is 0 Å². The molecular weight excluding hydrogens is 368 g/mol. The molecular formula is C18H24N4O2S2. The predicted molar refractivity (Wildman–Crippen MR) is 105 cm³/mol. The van der Waals surface area contributed by atoms with Crippen molar-refractivity contribution in [3.63, 3.8) is 0 Å². The van der Waals surface area contributed by atoms with E-state index in [4.69, 9.17) is 0 Å². The van der Waals surface area contributed by atoms with Gasteiger partial charge in [-0.1, -0.05) is 6.07 Å². The first-order valence-corrected chi connectivity index (χ1v) is 11.6. The molecule has 2 aromatic rings. The van der Waals surface area contributed by atoms with E-state index in [9.17, 15) is 8.42 Å². The van der Waals surface area contributed by atoms with Crippen LogP contribution in [0, 0.1) is 5.92 Å². The summed E-state index contributed by atoms with van der Waals surface area (Å²) in [5.41, 5.74) is 1.80. The van der Waals surface area contributed by atoms with E-state index in [0.29, 0.717) is 18.5 Å². The second kappa shape index (κ2) is 7.62. The number of nitrogens with one attached hydrogen (secondary N) is 2. The third-order valence-electron chi connectivity index (χ3n) is 5.14. The number of rotatable bonds is 7. The summed E-state index contributed by atoms with van der Waals surface area (Å²) in [5, 5.41) is 6.37. The van der Waals surface area contributed by atoms with E-state index < -0.39 is 10.0 Å². The van der Waals surface area contributed by atoms with Gasteiger partial charge in [-0.25, -0.2) is 18.1 Å². The van der Waals surface area contributed by atoms with E-state index in [-0.39, 0.29) is 5.25 Å². The van der Waals surface area contributed by atoms with Crippen LogP contribution in [-0.2, 0) is 10.0 Å². The molecule has 2 saturated carbocycles. The zero-order valence-electron chi connectivity index (χ0n) is 14.6. The minimum atomic E-state index is -3.05. The van der Waals surface area contributed by atoms with Crippen LogP contribution in [0.25, 0.3) is 11.4 Å². The lowest BCUT2D eigenvalue weighted by Crippen LogP contribution is -2.35. The summed E-state index contributed by atoms with van der Waals surface area (Å²) in [7, 11) is -3.05. The van der Waals surface area contributed by atoms with Gasteiger partial charge in [0.15, 0.2) is 5.13 Å². The van der Waals surface area contributed by atoms with Gasteiger partial charge >= 0.3 is 0 Å². The highest BCUT2D eigenvalue weighted by atomic mass is 32.2. The molecule has 0 aliphatic heterocycles. The van der Waals surface area contributed by atoms with Crippen LogP contribution >= 0.6 is 11.3 Å². The maximum absolute atomic E-state index is 11.9. The number of anilines is 1. The first-order valence-electron chi connectivity index (χ1n) is 9.22. The van der Waals surface area contributed by atoms with E-state index in [1.807, 2.05) is 23.6 Å². The van der Waals surface area contributed by atoms with E-state index in [2.05, 4.69) is 20.0 Å². The van der Waals surface area contributed by atoms with Crippen molar-refractivity contribution in [1.82, 2.24) is 14.7 Å². The quantitative estimate of drug-likeness (QED) is 0.756.